The Morgan fingerprint density at radius 1 is 1.20 bits per heavy atom. The Labute approximate surface area is 62.4 Å². The lowest BCUT2D eigenvalue weighted by Crippen LogP contribution is -2.17. The first-order valence-electron chi connectivity index (χ1n) is 3.40. The third-order valence-corrected chi connectivity index (χ3v) is 1.41. The molecule has 0 unspecified atom stereocenters. The number of nitrogens with zero attached hydrogens (tertiary/aromatic N) is 1. The molecular formula is C8H15NO. The van der Waals surface area contributed by atoms with Gasteiger partial charge in [0.25, 0.3) is 0 Å². The minimum absolute atomic E-state index is 0.0195. The molecule has 0 aromatic carbocycles. The molecule has 58 valence electrons. The minimum atomic E-state index is -0.118. The predicted molar refractivity (Wildman–Crippen MR) is 43.2 cm³/mol. The van der Waals surface area contributed by atoms with E-state index in [0.29, 0.717) is 0 Å². The van der Waals surface area contributed by atoms with Gasteiger partial charge in [-0.1, -0.05) is 20.8 Å². The molecule has 2 nitrogen and oxygen atoms in total. The molecule has 0 aromatic heterocycles. The standard InChI is InChI=1S/C8H15NO/c1-6(8(3,4)5)9-7(2)10/h1-5H3/b9-6-. The first-order chi connectivity index (χ1) is 4.34. The second kappa shape index (κ2) is 2.95. The Hall–Kier alpha value is -0.660. The highest BCUT2D eigenvalue weighted by Gasteiger charge is 2.14. The number of hydrogen-bond acceptors (Lipinski definition) is 1. The molecule has 0 aliphatic heterocycles. The van der Waals surface area contributed by atoms with Crippen molar-refractivity contribution in [3.63, 3.8) is 0 Å². The third kappa shape index (κ3) is 3.38. The van der Waals surface area contributed by atoms with Crippen LogP contribution in [-0.4, -0.2) is 11.6 Å². The fourth-order valence-electron chi connectivity index (χ4n) is 0.404. The van der Waals surface area contributed by atoms with E-state index >= 15 is 0 Å². The summed E-state index contributed by atoms with van der Waals surface area (Å²) < 4.78 is 0. The number of hydrogen-bond donors (Lipinski definition) is 0. The maximum Gasteiger partial charge on any atom is 0.242 e. The van der Waals surface area contributed by atoms with E-state index in [2.05, 4.69) is 4.99 Å². The van der Waals surface area contributed by atoms with Crippen LogP contribution in [0.25, 0.3) is 0 Å². The molecule has 0 rings (SSSR count). The van der Waals surface area contributed by atoms with Crippen molar-refractivity contribution in [3.8, 4) is 0 Å². The summed E-state index contributed by atoms with van der Waals surface area (Å²) in [5.41, 5.74) is 0.908. The predicted octanol–water partition coefficient (Wildman–Crippen LogP) is 2.04. The van der Waals surface area contributed by atoms with Crippen molar-refractivity contribution in [2.75, 3.05) is 0 Å². The van der Waals surface area contributed by atoms with Gasteiger partial charge in [-0.3, -0.25) is 4.79 Å². The molecule has 0 aliphatic carbocycles. The normalized spacial score (nSPS) is 13.5. The van der Waals surface area contributed by atoms with Crippen LogP contribution in [0.3, 0.4) is 0 Å². The van der Waals surface area contributed by atoms with Gasteiger partial charge in [-0.25, -0.2) is 4.99 Å². The van der Waals surface area contributed by atoms with Gasteiger partial charge in [-0.05, 0) is 6.92 Å². The van der Waals surface area contributed by atoms with Crippen molar-refractivity contribution in [3.05, 3.63) is 0 Å². The van der Waals surface area contributed by atoms with Gasteiger partial charge >= 0.3 is 0 Å². The average molecular weight is 141 g/mol. The molecule has 0 aliphatic rings. The number of amides is 1. The maximum absolute atomic E-state index is 10.5. The molecule has 2 heteroatoms. The SMILES string of the molecule is CC(=O)/N=C(/C)C(C)(C)C. The Balaban J connectivity index is 4.35. The lowest BCUT2D eigenvalue weighted by molar-refractivity contribution is -0.115. The van der Waals surface area contributed by atoms with Gasteiger partial charge in [0.2, 0.25) is 5.91 Å². The topological polar surface area (TPSA) is 29.4 Å². The van der Waals surface area contributed by atoms with Crippen LogP contribution in [0, 0.1) is 5.41 Å². The first-order valence-corrected chi connectivity index (χ1v) is 3.40. The Bertz CT molecular complexity index is 163. The van der Waals surface area contributed by atoms with Gasteiger partial charge in [-0.15, -0.1) is 0 Å². The first kappa shape index (κ1) is 9.34. The quantitative estimate of drug-likeness (QED) is 0.475. The van der Waals surface area contributed by atoms with Gasteiger partial charge in [0.05, 0.1) is 0 Å². The van der Waals surface area contributed by atoms with Crippen LogP contribution in [-0.2, 0) is 4.79 Å². The maximum atomic E-state index is 10.5. The Kier molecular flexibility index (Phi) is 2.76. The fraction of sp³-hybridized carbons (Fsp3) is 0.750. The summed E-state index contributed by atoms with van der Waals surface area (Å²) in [5.74, 6) is -0.118. The minimum Gasteiger partial charge on any atom is -0.273 e. The van der Waals surface area contributed by atoms with E-state index in [1.165, 1.54) is 6.92 Å². The summed E-state index contributed by atoms with van der Waals surface area (Å²) in [6.45, 7) is 9.45. The van der Waals surface area contributed by atoms with Crippen molar-refractivity contribution < 1.29 is 4.79 Å². The van der Waals surface area contributed by atoms with Crippen LogP contribution in [0.2, 0.25) is 0 Å². The largest absolute Gasteiger partial charge is 0.273 e. The third-order valence-electron chi connectivity index (χ3n) is 1.41. The number of rotatable bonds is 0. The van der Waals surface area contributed by atoms with E-state index in [1.54, 1.807) is 0 Å². The molecule has 0 saturated heterocycles. The highest BCUT2D eigenvalue weighted by Crippen LogP contribution is 2.15. The van der Waals surface area contributed by atoms with Crippen LogP contribution in [0.4, 0.5) is 0 Å². The number of carbonyl (C=O) groups excluding carboxylic acids is 1. The van der Waals surface area contributed by atoms with Crippen LogP contribution in [0.1, 0.15) is 34.6 Å². The molecule has 1 amide bonds. The molecule has 10 heavy (non-hydrogen) atoms. The summed E-state index contributed by atoms with van der Waals surface area (Å²) in [4.78, 5) is 14.3. The summed E-state index contributed by atoms with van der Waals surface area (Å²) in [6, 6.07) is 0. The zero-order chi connectivity index (χ0) is 8.36. The molecule has 0 atom stereocenters. The molecular weight excluding hydrogens is 126 g/mol. The van der Waals surface area contributed by atoms with Gasteiger partial charge in [0, 0.05) is 18.1 Å². The van der Waals surface area contributed by atoms with E-state index in [9.17, 15) is 4.79 Å². The van der Waals surface area contributed by atoms with Crippen LogP contribution in [0.15, 0.2) is 4.99 Å². The monoisotopic (exact) mass is 141 g/mol. The Morgan fingerprint density at radius 2 is 1.60 bits per heavy atom. The summed E-state index contributed by atoms with van der Waals surface area (Å²) in [7, 11) is 0. The summed E-state index contributed by atoms with van der Waals surface area (Å²) in [5, 5.41) is 0. The van der Waals surface area contributed by atoms with E-state index in [0.717, 1.165) is 5.71 Å². The fourth-order valence-corrected chi connectivity index (χ4v) is 0.404. The zero-order valence-electron chi connectivity index (χ0n) is 7.36. The van der Waals surface area contributed by atoms with E-state index in [-0.39, 0.29) is 11.3 Å². The second-order valence-corrected chi connectivity index (χ2v) is 3.47. The molecule has 0 fully saturated rings. The zero-order valence-corrected chi connectivity index (χ0v) is 7.36. The van der Waals surface area contributed by atoms with Crippen molar-refractivity contribution in [1.82, 2.24) is 0 Å². The molecule has 0 bridgehead atoms. The van der Waals surface area contributed by atoms with Gasteiger partial charge in [0.1, 0.15) is 0 Å². The average Bonchev–Trinajstić information content (AvgIpc) is 1.60. The van der Waals surface area contributed by atoms with Crippen molar-refractivity contribution in [2.24, 2.45) is 10.4 Å². The molecule has 0 saturated carbocycles. The lowest BCUT2D eigenvalue weighted by Gasteiger charge is -2.16. The van der Waals surface area contributed by atoms with Gasteiger partial charge in [-0.2, -0.15) is 0 Å². The van der Waals surface area contributed by atoms with Crippen LogP contribution >= 0.6 is 0 Å². The van der Waals surface area contributed by atoms with Crippen molar-refractivity contribution in [1.29, 1.82) is 0 Å². The van der Waals surface area contributed by atoms with E-state index in [4.69, 9.17) is 0 Å². The van der Waals surface area contributed by atoms with Crippen molar-refractivity contribution >= 4 is 11.6 Å². The van der Waals surface area contributed by atoms with Crippen molar-refractivity contribution in [2.45, 2.75) is 34.6 Å². The molecule has 0 heterocycles. The number of aliphatic imine (C=N–C) groups is 1. The van der Waals surface area contributed by atoms with Crippen LogP contribution in [0.5, 0.6) is 0 Å². The van der Waals surface area contributed by atoms with E-state index in [1.807, 2.05) is 27.7 Å². The lowest BCUT2D eigenvalue weighted by atomic mass is 9.91. The van der Waals surface area contributed by atoms with Crippen LogP contribution < -0.4 is 0 Å². The highest BCUT2D eigenvalue weighted by molar-refractivity contribution is 5.96. The highest BCUT2D eigenvalue weighted by atomic mass is 16.1. The molecule has 0 spiro atoms. The molecule has 0 N–H and O–H groups in total. The molecule has 0 radical (unpaired) electrons. The van der Waals surface area contributed by atoms with E-state index < -0.39 is 0 Å². The van der Waals surface area contributed by atoms with Gasteiger partial charge in [0.15, 0.2) is 0 Å². The molecule has 0 aromatic rings. The smallest absolute Gasteiger partial charge is 0.242 e. The number of carbonyl (C=O) groups is 1. The van der Waals surface area contributed by atoms with Gasteiger partial charge < -0.3 is 0 Å². The summed E-state index contributed by atoms with van der Waals surface area (Å²) in [6.07, 6.45) is 0. The Morgan fingerprint density at radius 3 is 1.70 bits per heavy atom. The second-order valence-electron chi connectivity index (χ2n) is 3.47. The summed E-state index contributed by atoms with van der Waals surface area (Å²) >= 11 is 0.